The quantitative estimate of drug-likeness (QED) is 0.437. The van der Waals surface area contributed by atoms with Crippen LogP contribution in [0.3, 0.4) is 0 Å². The second-order valence-corrected chi connectivity index (χ2v) is 4.06. The van der Waals surface area contributed by atoms with Gasteiger partial charge in [0.15, 0.2) is 0 Å². The number of rotatable bonds is 4. The predicted octanol–water partition coefficient (Wildman–Crippen LogP) is -1.42. The Balaban J connectivity index is 3.98. The molecule has 78 valence electrons. The van der Waals surface area contributed by atoms with Crippen molar-refractivity contribution < 1.29 is 15.0 Å². The molecule has 0 radical (unpaired) electrons. The second-order valence-electron chi connectivity index (χ2n) is 4.06. The summed E-state index contributed by atoms with van der Waals surface area (Å²) in [6.07, 6.45) is 0. The van der Waals surface area contributed by atoms with Crippen LogP contribution in [0.15, 0.2) is 0 Å². The van der Waals surface area contributed by atoms with E-state index in [0.717, 1.165) is 0 Å². The number of nitrogens with one attached hydrogen (secondary N) is 1. The van der Waals surface area contributed by atoms with Crippen molar-refractivity contribution in [2.45, 2.75) is 31.9 Å². The normalized spacial score (nSPS) is 16.5. The van der Waals surface area contributed by atoms with Crippen molar-refractivity contribution in [2.24, 2.45) is 5.73 Å². The second kappa shape index (κ2) is 4.04. The maximum absolute atomic E-state index is 11.2. The van der Waals surface area contributed by atoms with E-state index in [1.54, 1.807) is 13.8 Å². The van der Waals surface area contributed by atoms with Gasteiger partial charge in [0.1, 0.15) is 5.60 Å². The van der Waals surface area contributed by atoms with Crippen LogP contribution in [0, 0.1) is 0 Å². The molecule has 1 amide bonds. The van der Waals surface area contributed by atoms with Crippen LogP contribution >= 0.6 is 0 Å². The minimum atomic E-state index is -1.29. The SMILES string of the molecule is CC(O)(CO)CNC(=O)C(C)(C)N. The van der Waals surface area contributed by atoms with Crippen molar-refractivity contribution in [3.63, 3.8) is 0 Å². The molecular weight excluding hydrogens is 172 g/mol. The van der Waals surface area contributed by atoms with Crippen LogP contribution < -0.4 is 11.1 Å². The molecule has 0 saturated heterocycles. The number of aliphatic hydroxyl groups is 2. The van der Waals surface area contributed by atoms with E-state index in [0.29, 0.717) is 0 Å². The molecular formula is C8H18N2O3. The Labute approximate surface area is 77.9 Å². The van der Waals surface area contributed by atoms with Crippen molar-refractivity contribution in [1.29, 1.82) is 0 Å². The number of hydrogen-bond donors (Lipinski definition) is 4. The molecule has 5 N–H and O–H groups in total. The molecule has 0 spiro atoms. The van der Waals surface area contributed by atoms with Crippen LogP contribution in [0.4, 0.5) is 0 Å². The number of nitrogens with two attached hydrogens (primary N) is 1. The lowest BCUT2D eigenvalue weighted by Crippen LogP contribution is -2.53. The topological polar surface area (TPSA) is 95.6 Å². The molecule has 1 unspecified atom stereocenters. The molecule has 0 saturated carbocycles. The highest BCUT2D eigenvalue weighted by Gasteiger charge is 2.25. The van der Waals surface area contributed by atoms with Crippen LogP contribution in [0.5, 0.6) is 0 Å². The van der Waals surface area contributed by atoms with Gasteiger partial charge in [-0.2, -0.15) is 0 Å². The van der Waals surface area contributed by atoms with Crippen molar-refractivity contribution in [3.8, 4) is 0 Å². The van der Waals surface area contributed by atoms with Gasteiger partial charge in [0.2, 0.25) is 5.91 Å². The highest BCUT2D eigenvalue weighted by molar-refractivity contribution is 5.85. The van der Waals surface area contributed by atoms with E-state index in [1.165, 1.54) is 6.92 Å². The van der Waals surface area contributed by atoms with Crippen LogP contribution in [-0.4, -0.2) is 40.4 Å². The lowest BCUT2D eigenvalue weighted by Gasteiger charge is -2.24. The molecule has 0 aromatic rings. The lowest BCUT2D eigenvalue weighted by atomic mass is 10.0. The van der Waals surface area contributed by atoms with E-state index in [1.807, 2.05) is 0 Å². The van der Waals surface area contributed by atoms with Crippen molar-refractivity contribution in [1.82, 2.24) is 5.32 Å². The third-order valence-corrected chi connectivity index (χ3v) is 1.56. The van der Waals surface area contributed by atoms with E-state index >= 15 is 0 Å². The monoisotopic (exact) mass is 190 g/mol. The molecule has 0 rings (SSSR count). The lowest BCUT2D eigenvalue weighted by molar-refractivity contribution is -0.126. The molecule has 1 atom stereocenters. The first kappa shape index (κ1) is 12.3. The molecule has 0 aliphatic heterocycles. The Bertz CT molecular complexity index is 184. The third kappa shape index (κ3) is 4.82. The molecule has 0 fully saturated rings. The van der Waals surface area contributed by atoms with Gasteiger partial charge in [0.05, 0.1) is 12.1 Å². The molecule has 0 heterocycles. The molecule has 0 aliphatic rings. The average Bonchev–Trinajstić information content (AvgIpc) is 1.98. The summed E-state index contributed by atoms with van der Waals surface area (Å²) in [5.41, 5.74) is 3.24. The summed E-state index contributed by atoms with van der Waals surface area (Å²) >= 11 is 0. The minimum Gasteiger partial charge on any atom is -0.393 e. The van der Waals surface area contributed by atoms with E-state index < -0.39 is 17.7 Å². The fourth-order valence-corrected chi connectivity index (χ4v) is 0.554. The van der Waals surface area contributed by atoms with Crippen LogP contribution in [0.1, 0.15) is 20.8 Å². The summed E-state index contributed by atoms with van der Waals surface area (Å²) < 4.78 is 0. The van der Waals surface area contributed by atoms with Crippen molar-refractivity contribution >= 4 is 5.91 Å². The van der Waals surface area contributed by atoms with Gasteiger partial charge in [0, 0.05) is 6.54 Å². The Hall–Kier alpha value is -0.650. The summed E-state index contributed by atoms with van der Waals surface area (Å²) in [7, 11) is 0. The zero-order chi connectivity index (χ0) is 10.7. The van der Waals surface area contributed by atoms with Gasteiger partial charge in [-0.05, 0) is 20.8 Å². The molecule has 5 heteroatoms. The predicted molar refractivity (Wildman–Crippen MR) is 49.0 cm³/mol. The van der Waals surface area contributed by atoms with E-state index in [2.05, 4.69) is 5.32 Å². The molecule has 0 bridgehead atoms. The summed E-state index contributed by atoms with van der Waals surface area (Å²) in [6, 6.07) is 0. The van der Waals surface area contributed by atoms with E-state index in [9.17, 15) is 9.90 Å². The summed E-state index contributed by atoms with van der Waals surface area (Å²) in [4.78, 5) is 11.2. The zero-order valence-corrected chi connectivity index (χ0v) is 8.29. The van der Waals surface area contributed by atoms with Crippen molar-refractivity contribution in [3.05, 3.63) is 0 Å². The highest BCUT2D eigenvalue weighted by Crippen LogP contribution is 2.01. The first-order valence-electron chi connectivity index (χ1n) is 4.09. The smallest absolute Gasteiger partial charge is 0.239 e. The van der Waals surface area contributed by atoms with E-state index in [4.69, 9.17) is 10.8 Å². The standard InChI is InChI=1S/C8H18N2O3/c1-7(2,9)6(12)10-4-8(3,13)5-11/h11,13H,4-5,9H2,1-3H3,(H,10,12). The summed E-state index contributed by atoms with van der Waals surface area (Å²) in [5, 5.41) is 20.4. The van der Waals surface area contributed by atoms with Gasteiger partial charge in [-0.1, -0.05) is 0 Å². The Morgan fingerprint density at radius 2 is 1.92 bits per heavy atom. The fraction of sp³-hybridized carbons (Fsp3) is 0.875. The van der Waals surface area contributed by atoms with Gasteiger partial charge in [-0.25, -0.2) is 0 Å². The van der Waals surface area contributed by atoms with Crippen LogP contribution in [-0.2, 0) is 4.79 Å². The van der Waals surface area contributed by atoms with Crippen LogP contribution in [0.25, 0.3) is 0 Å². The maximum atomic E-state index is 11.2. The zero-order valence-electron chi connectivity index (χ0n) is 8.29. The highest BCUT2D eigenvalue weighted by atomic mass is 16.3. The van der Waals surface area contributed by atoms with Gasteiger partial charge in [-0.15, -0.1) is 0 Å². The molecule has 0 aromatic carbocycles. The van der Waals surface area contributed by atoms with Gasteiger partial charge >= 0.3 is 0 Å². The van der Waals surface area contributed by atoms with Gasteiger partial charge in [-0.3, -0.25) is 4.79 Å². The summed E-state index contributed by atoms with van der Waals surface area (Å²) in [6.45, 7) is 4.14. The van der Waals surface area contributed by atoms with Crippen molar-refractivity contribution in [2.75, 3.05) is 13.2 Å². The molecule has 5 nitrogen and oxygen atoms in total. The fourth-order valence-electron chi connectivity index (χ4n) is 0.554. The number of amides is 1. The first-order valence-corrected chi connectivity index (χ1v) is 4.09. The van der Waals surface area contributed by atoms with Crippen LogP contribution in [0.2, 0.25) is 0 Å². The van der Waals surface area contributed by atoms with Gasteiger partial charge in [0.25, 0.3) is 0 Å². The Morgan fingerprint density at radius 1 is 1.46 bits per heavy atom. The largest absolute Gasteiger partial charge is 0.393 e. The minimum absolute atomic E-state index is 0.0109. The summed E-state index contributed by atoms with van der Waals surface area (Å²) in [5.74, 6) is -0.360. The first-order chi connectivity index (χ1) is 5.69. The number of carbonyl (C=O) groups excluding carboxylic acids is 1. The Morgan fingerprint density at radius 3 is 2.23 bits per heavy atom. The number of aliphatic hydroxyl groups excluding tert-OH is 1. The third-order valence-electron chi connectivity index (χ3n) is 1.56. The maximum Gasteiger partial charge on any atom is 0.239 e. The van der Waals surface area contributed by atoms with Gasteiger partial charge < -0.3 is 21.3 Å². The number of hydrogen-bond acceptors (Lipinski definition) is 4. The molecule has 0 aromatic heterocycles. The Kier molecular flexibility index (Phi) is 3.84. The van der Waals surface area contributed by atoms with E-state index in [-0.39, 0.29) is 12.5 Å². The molecule has 0 aliphatic carbocycles. The number of carbonyl (C=O) groups is 1. The average molecular weight is 190 g/mol. The molecule has 13 heavy (non-hydrogen) atoms.